The molecule has 1 N–H and O–H groups in total. The van der Waals surface area contributed by atoms with Crippen LogP contribution in [-0.2, 0) is 4.74 Å². The molecule has 3 unspecified atom stereocenters. The predicted octanol–water partition coefficient (Wildman–Crippen LogP) is 3.83. The van der Waals surface area contributed by atoms with Crippen LogP contribution in [0.15, 0.2) is 18.2 Å². The van der Waals surface area contributed by atoms with Crippen LogP contribution in [0.4, 0.5) is 4.39 Å². The molecule has 1 aromatic carbocycles. The Kier molecular flexibility index (Phi) is 6.00. The second-order valence-corrected chi connectivity index (χ2v) is 5.73. The average Bonchev–Trinajstić information content (AvgIpc) is 2.47. The van der Waals surface area contributed by atoms with E-state index in [1.54, 1.807) is 7.11 Å². The molecule has 21 heavy (non-hydrogen) atoms. The highest BCUT2D eigenvalue weighted by molar-refractivity contribution is 5.30. The highest BCUT2D eigenvalue weighted by Gasteiger charge is 2.23. The monoisotopic (exact) mass is 295 g/mol. The number of hydrogen-bond acceptors (Lipinski definition) is 3. The lowest BCUT2D eigenvalue weighted by Gasteiger charge is -2.28. The molecule has 1 saturated carbocycles. The van der Waals surface area contributed by atoms with Crippen LogP contribution in [0.5, 0.6) is 5.75 Å². The maximum atomic E-state index is 14.2. The van der Waals surface area contributed by atoms with Crippen molar-refractivity contribution in [3.05, 3.63) is 29.6 Å². The molecule has 0 spiro atoms. The van der Waals surface area contributed by atoms with Gasteiger partial charge in [-0.05, 0) is 38.8 Å². The molecule has 0 amide bonds. The van der Waals surface area contributed by atoms with Gasteiger partial charge in [-0.3, -0.25) is 0 Å². The molecule has 3 nitrogen and oxygen atoms in total. The van der Waals surface area contributed by atoms with Crippen molar-refractivity contribution >= 4 is 0 Å². The summed E-state index contributed by atoms with van der Waals surface area (Å²) in [5.74, 6) is 0.404. The van der Waals surface area contributed by atoms with Gasteiger partial charge in [0.15, 0.2) is 0 Å². The maximum Gasteiger partial charge on any atom is 0.131 e. The Balaban J connectivity index is 1.99. The van der Waals surface area contributed by atoms with Crippen molar-refractivity contribution in [1.29, 1.82) is 0 Å². The summed E-state index contributed by atoms with van der Waals surface area (Å²) in [7, 11) is 1.74. The van der Waals surface area contributed by atoms with Crippen molar-refractivity contribution in [3.63, 3.8) is 0 Å². The standard InChI is InChI=1S/C17H26FNO2/c1-4-19-12(2)16-9-8-15(11-17(16)18)21-14-7-5-6-13(10-14)20-3/h8-9,11-14,19H,4-7,10H2,1-3H3. The van der Waals surface area contributed by atoms with Crippen molar-refractivity contribution in [3.8, 4) is 5.75 Å². The molecule has 118 valence electrons. The molecule has 0 bridgehead atoms. The summed E-state index contributed by atoms with van der Waals surface area (Å²) in [6, 6.07) is 5.19. The van der Waals surface area contributed by atoms with Gasteiger partial charge in [0.2, 0.25) is 0 Å². The third-order valence-electron chi connectivity index (χ3n) is 4.16. The molecular weight excluding hydrogens is 269 g/mol. The average molecular weight is 295 g/mol. The fourth-order valence-corrected chi connectivity index (χ4v) is 2.96. The highest BCUT2D eigenvalue weighted by Crippen LogP contribution is 2.27. The first kappa shape index (κ1) is 16.2. The van der Waals surface area contributed by atoms with Gasteiger partial charge in [-0.15, -0.1) is 0 Å². The van der Waals surface area contributed by atoms with Crippen LogP contribution >= 0.6 is 0 Å². The second kappa shape index (κ2) is 7.76. The summed E-state index contributed by atoms with van der Waals surface area (Å²) in [5, 5.41) is 3.22. The van der Waals surface area contributed by atoms with Gasteiger partial charge in [-0.1, -0.05) is 13.0 Å². The molecule has 1 aromatic rings. The molecule has 0 radical (unpaired) electrons. The first-order valence-electron chi connectivity index (χ1n) is 7.86. The normalized spacial score (nSPS) is 23.8. The number of methoxy groups -OCH3 is 1. The first-order chi connectivity index (χ1) is 10.1. The number of nitrogens with one attached hydrogen (secondary N) is 1. The van der Waals surface area contributed by atoms with Crippen LogP contribution in [0.25, 0.3) is 0 Å². The molecule has 0 saturated heterocycles. The van der Waals surface area contributed by atoms with Gasteiger partial charge in [-0.2, -0.15) is 0 Å². The lowest BCUT2D eigenvalue weighted by atomic mass is 9.95. The van der Waals surface area contributed by atoms with Crippen LogP contribution in [-0.4, -0.2) is 25.9 Å². The predicted molar refractivity (Wildman–Crippen MR) is 82.2 cm³/mol. The maximum absolute atomic E-state index is 14.2. The van der Waals surface area contributed by atoms with Gasteiger partial charge in [0.25, 0.3) is 0 Å². The van der Waals surface area contributed by atoms with Crippen molar-refractivity contribution in [2.24, 2.45) is 0 Å². The second-order valence-electron chi connectivity index (χ2n) is 5.73. The molecule has 1 aliphatic carbocycles. The lowest BCUT2D eigenvalue weighted by Crippen LogP contribution is -2.29. The number of halogens is 1. The van der Waals surface area contributed by atoms with E-state index in [0.29, 0.717) is 11.3 Å². The summed E-state index contributed by atoms with van der Waals surface area (Å²) in [6.45, 7) is 4.80. The molecular formula is C17H26FNO2. The SMILES string of the molecule is CCNC(C)c1ccc(OC2CCCC(OC)C2)cc1F. The Morgan fingerprint density at radius 3 is 2.76 bits per heavy atom. The molecule has 0 heterocycles. The van der Waals surface area contributed by atoms with Crippen molar-refractivity contribution in [1.82, 2.24) is 5.32 Å². The number of hydrogen-bond donors (Lipinski definition) is 1. The Morgan fingerprint density at radius 1 is 1.33 bits per heavy atom. The van der Waals surface area contributed by atoms with Crippen molar-refractivity contribution < 1.29 is 13.9 Å². The number of benzene rings is 1. The van der Waals surface area contributed by atoms with E-state index >= 15 is 0 Å². The number of ether oxygens (including phenoxy) is 2. The largest absolute Gasteiger partial charge is 0.490 e. The zero-order chi connectivity index (χ0) is 15.2. The summed E-state index contributed by atoms with van der Waals surface area (Å²) in [4.78, 5) is 0. The van der Waals surface area contributed by atoms with Gasteiger partial charge >= 0.3 is 0 Å². The van der Waals surface area contributed by atoms with Crippen LogP contribution in [0.3, 0.4) is 0 Å². The summed E-state index contributed by atoms with van der Waals surface area (Å²) >= 11 is 0. The van der Waals surface area contributed by atoms with Crippen molar-refractivity contribution in [2.75, 3.05) is 13.7 Å². The molecule has 2 rings (SSSR count). The Hall–Kier alpha value is -1.13. The zero-order valence-electron chi connectivity index (χ0n) is 13.2. The van der Waals surface area contributed by atoms with E-state index in [-0.39, 0.29) is 24.1 Å². The topological polar surface area (TPSA) is 30.5 Å². The van der Waals surface area contributed by atoms with Gasteiger partial charge in [0.05, 0.1) is 6.10 Å². The Morgan fingerprint density at radius 2 is 2.10 bits per heavy atom. The minimum atomic E-state index is -0.208. The Bertz CT molecular complexity index is 452. The van der Waals surface area contributed by atoms with Crippen LogP contribution in [0.1, 0.15) is 51.1 Å². The molecule has 0 aliphatic heterocycles. The summed E-state index contributed by atoms with van der Waals surface area (Å²) in [6.07, 6.45) is 4.47. The minimum Gasteiger partial charge on any atom is -0.490 e. The van der Waals surface area contributed by atoms with Crippen molar-refractivity contribution in [2.45, 2.75) is 57.8 Å². The highest BCUT2D eigenvalue weighted by atomic mass is 19.1. The fraction of sp³-hybridized carbons (Fsp3) is 0.647. The molecule has 3 atom stereocenters. The van der Waals surface area contributed by atoms with E-state index in [1.807, 2.05) is 26.0 Å². The van der Waals surface area contributed by atoms with E-state index < -0.39 is 0 Å². The minimum absolute atomic E-state index is 0.0107. The smallest absolute Gasteiger partial charge is 0.131 e. The van der Waals surface area contributed by atoms with E-state index in [2.05, 4.69) is 5.32 Å². The molecule has 1 aliphatic rings. The molecule has 1 fully saturated rings. The summed E-state index contributed by atoms with van der Waals surface area (Å²) in [5.41, 5.74) is 0.683. The third-order valence-corrected chi connectivity index (χ3v) is 4.16. The zero-order valence-corrected chi connectivity index (χ0v) is 13.2. The van der Waals surface area contributed by atoms with E-state index in [1.165, 1.54) is 6.07 Å². The van der Waals surface area contributed by atoms with Crippen LogP contribution in [0, 0.1) is 5.82 Å². The van der Waals surface area contributed by atoms with Gasteiger partial charge in [-0.25, -0.2) is 4.39 Å². The van der Waals surface area contributed by atoms with E-state index in [4.69, 9.17) is 9.47 Å². The quantitative estimate of drug-likeness (QED) is 0.865. The van der Waals surface area contributed by atoms with Crippen LogP contribution < -0.4 is 10.1 Å². The molecule has 0 aromatic heterocycles. The van der Waals surface area contributed by atoms with E-state index in [9.17, 15) is 4.39 Å². The molecule has 4 heteroatoms. The third kappa shape index (κ3) is 4.42. The fourth-order valence-electron chi connectivity index (χ4n) is 2.96. The van der Waals surface area contributed by atoms with Gasteiger partial charge in [0.1, 0.15) is 17.7 Å². The Labute approximate surface area is 126 Å². The summed E-state index contributed by atoms with van der Waals surface area (Å²) < 4.78 is 25.5. The van der Waals surface area contributed by atoms with Crippen LogP contribution in [0.2, 0.25) is 0 Å². The van der Waals surface area contributed by atoms with E-state index in [0.717, 1.165) is 32.2 Å². The first-order valence-corrected chi connectivity index (χ1v) is 7.86. The van der Waals surface area contributed by atoms with Gasteiger partial charge in [0, 0.05) is 31.2 Å². The van der Waals surface area contributed by atoms with Gasteiger partial charge < -0.3 is 14.8 Å². The number of rotatable bonds is 6. The lowest BCUT2D eigenvalue weighted by molar-refractivity contribution is 0.0209.